The fourth-order valence-corrected chi connectivity index (χ4v) is 1.44. The second kappa shape index (κ2) is 4.82. The van der Waals surface area contributed by atoms with Gasteiger partial charge in [0.15, 0.2) is 0 Å². The van der Waals surface area contributed by atoms with Crippen LogP contribution in [-0.2, 0) is 7.05 Å². The number of nitrogens with zero attached hydrogens (tertiary/aromatic N) is 2. The maximum atomic E-state index is 5.12. The van der Waals surface area contributed by atoms with Crippen molar-refractivity contribution >= 4 is 10.9 Å². The largest absolute Gasteiger partial charge is 0.497 e. The first-order valence-electron chi connectivity index (χ1n) is 5.19. The van der Waals surface area contributed by atoms with Gasteiger partial charge in [-0.25, -0.2) is 0 Å². The minimum absolute atomic E-state index is 0.852. The maximum absolute atomic E-state index is 5.12. The minimum atomic E-state index is 0.852. The number of aryl methyl sites for hydroxylation is 2. The van der Waals surface area contributed by atoms with E-state index in [1.165, 1.54) is 11.1 Å². The molecule has 15 heavy (non-hydrogen) atoms. The Hall–Kier alpha value is -1.51. The minimum Gasteiger partial charge on any atom is -0.497 e. The van der Waals surface area contributed by atoms with Crippen LogP contribution in [0, 0.1) is 6.92 Å². The van der Waals surface area contributed by atoms with Crippen molar-refractivity contribution in [2.45, 2.75) is 20.8 Å². The van der Waals surface area contributed by atoms with Crippen molar-refractivity contribution in [3.8, 4) is 5.75 Å². The predicted molar refractivity (Wildman–Crippen MR) is 63.4 cm³/mol. The van der Waals surface area contributed by atoms with Crippen LogP contribution in [0.3, 0.4) is 0 Å². The summed E-state index contributed by atoms with van der Waals surface area (Å²) in [4.78, 5) is 0. The lowest BCUT2D eigenvalue weighted by atomic mass is 10.2. The van der Waals surface area contributed by atoms with Gasteiger partial charge in [-0.2, -0.15) is 5.10 Å². The Labute approximate surface area is 90.7 Å². The van der Waals surface area contributed by atoms with Crippen molar-refractivity contribution in [1.29, 1.82) is 0 Å². The second-order valence-electron chi connectivity index (χ2n) is 3.09. The fraction of sp³-hybridized carbons (Fsp3) is 0.417. The molecule has 0 saturated carbocycles. The average molecular weight is 206 g/mol. The molecule has 0 aliphatic heterocycles. The molecular formula is C12H18N2O. The van der Waals surface area contributed by atoms with Crippen LogP contribution in [0.4, 0.5) is 0 Å². The van der Waals surface area contributed by atoms with Crippen LogP contribution in [0.5, 0.6) is 5.75 Å². The van der Waals surface area contributed by atoms with Crippen LogP contribution >= 0.6 is 0 Å². The predicted octanol–water partition coefficient (Wildman–Crippen LogP) is 2.92. The number of rotatable bonds is 1. The van der Waals surface area contributed by atoms with Crippen molar-refractivity contribution in [3.05, 3.63) is 23.9 Å². The van der Waals surface area contributed by atoms with E-state index in [1.807, 2.05) is 43.8 Å². The van der Waals surface area contributed by atoms with E-state index in [2.05, 4.69) is 12.0 Å². The van der Waals surface area contributed by atoms with Crippen LogP contribution in [0.25, 0.3) is 10.9 Å². The zero-order valence-electron chi connectivity index (χ0n) is 10.0. The molecule has 3 nitrogen and oxygen atoms in total. The quantitative estimate of drug-likeness (QED) is 0.717. The first-order valence-corrected chi connectivity index (χ1v) is 5.19. The summed E-state index contributed by atoms with van der Waals surface area (Å²) in [5.74, 6) is 0.852. The molecule has 3 heteroatoms. The lowest BCUT2D eigenvalue weighted by molar-refractivity contribution is 0.415. The normalized spacial score (nSPS) is 9.67. The smallest absolute Gasteiger partial charge is 0.121 e. The molecule has 1 aromatic carbocycles. The third kappa shape index (κ3) is 2.12. The molecule has 0 N–H and O–H groups in total. The van der Waals surface area contributed by atoms with Crippen LogP contribution in [0.2, 0.25) is 0 Å². The van der Waals surface area contributed by atoms with Gasteiger partial charge in [-0.05, 0) is 19.1 Å². The lowest BCUT2D eigenvalue weighted by Gasteiger charge is -1.97. The third-order valence-electron chi connectivity index (χ3n) is 2.34. The van der Waals surface area contributed by atoms with Gasteiger partial charge in [0.05, 0.1) is 12.6 Å². The molecule has 2 aromatic rings. The van der Waals surface area contributed by atoms with Crippen molar-refractivity contribution in [1.82, 2.24) is 9.78 Å². The standard InChI is InChI=1S/C10H12N2O.C2H6/c1-7-9-5-4-8(13-3)6-10(9)11-12(7)2;1-2/h4-6H,1-3H3;1-2H3. The SMILES string of the molecule is CC.COc1ccc2c(C)n(C)nc2c1. The molecule has 82 valence electrons. The Bertz CT molecular complexity index is 446. The van der Waals surface area contributed by atoms with E-state index in [0.29, 0.717) is 0 Å². The van der Waals surface area contributed by atoms with Crippen LogP contribution < -0.4 is 4.74 Å². The van der Waals surface area contributed by atoms with E-state index < -0.39 is 0 Å². The molecule has 0 aliphatic carbocycles. The highest BCUT2D eigenvalue weighted by Crippen LogP contribution is 2.21. The molecular weight excluding hydrogens is 188 g/mol. The molecule has 0 bridgehead atoms. The molecule has 0 fully saturated rings. The first-order chi connectivity index (χ1) is 7.22. The van der Waals surface area contributed by atoms with Crippen LogP contribution in [0.15, 0.2) is 18.2 Å². The van der Waals surface area contributed by atoms with Crippen molar-refractivity contribution in [3.63, 3.8) is 0 Å². The second-order valence-corrected chi connectivity index (χ2v) is 3.09. The monoisotopic (exact) mass is 206 g/mol. The Balaban J connectivity index is 0.000000531. The molecule has 1 heterocycles. The molecule has 1 aromatic heterocycles. The zero-order chi connectivity index (χ0) is 11.4. The zero-order valence-corrected chi connectivity index (χ0v) is 10.0. The Kier molecular flexibility index (Phi) is 3.72. The molecule has 0 saturated heterocycles. The van der Waals surface area contributed by atoms with E-state index in [1.54, 1.807) is 7.11 Å². The molecule has 0 atom stereocenters. The molecule has 0 aliphatic rings. The summed E-state index contributed by atoms with van der Waals surface area (Å²) in [6, 6.07) is 5.94. The summed E-state index contributed by atoms with van der Waals surface area (Å²) in [5.41, 5.74) is 2.16. The van der Waals surface area contributed by atoms with Crippen LogP contribution in [0.1, 0.15) is 19.5 Å². The molecule has 2 rings (SSSR count). The van der Waals surface area contributed by atoms with Crippen LogP contribution in [-0.4, -0.2) is 16.9 Å². The summed E-state index contributed by atoms with van der Waals surface area (Å²) in [6.45, 7) is 6.06. The number of hydrogen-bond acceptors (Lipinski definition) is 2. The fourth-order valence-electron chi connectivity index (χ4n) is 1.44. The molecule has 0 radical (unpaired) electrons. The molecule has 0 amide bonds. The highest BCUT2D eigenvalue weighted by atomic mass is 16.5. The van der Waals surface area contributed by atoms with E-state index >= 15 is 0 Å². The summed E-state index contributed by atoms with van der Waals surface area (Å²) < 4.78 is 7.00. The highest BCUT2D eigenvalue weighted by molar-refractivity contribution is 5.82. The summed E-state index contributed by atoms with van der Waals surface area (Å²) in [5, 5.41) is 5.54. The van der Waals surface area contributed by atoms with Gasteiger partial charge >= 0.3 is 0 Å². The van der Waals surface area contributed by atoms with Gasteiger partial charge in [0.1, 0.15) is 5.75 Å². The number of methoxy groups -OCH3 is 1. The molecule has 0 spiro atoms. The van der Waals surface area contributed by atoms with Gasteiger partial charge in [0.2, 0.25) is 0 Å². The van der Waals surface area contributed by atoms with Gasteiger partial charge < -0.3 is 4.74 Å². The summed E-state index contributed by atoms with van der Waals surface area (Å²) in [6.07, 6.45) is 0. The van der Waals surface area contributed by atoms with Crippen molar-refractivity contribution < 1.29 is 4.74 Å². The van der Waals surface area contributed by atoms with Gasteiger partial charge in [-0.15, -0.1) is 0 Å². The van der Waals surface area contributed by atoms with E-state index in [9.17, 15) is 0 Å². The number of fused-ring (bicyclic) bond motifs is 1. The number of ether oxygens (including phenoxy) is 1. The van der Waals surface area contributed by atoms with Crippen molar-refractivity contribution in [2.75, 3.05) is 7.11 Å². The Morgan fingerprint density at radius 2 is 1.93 bits per heavy atom. The van der Waals surface area contributed by atoms with Gasteiger partial charge in [-0.3, -0.25) is 4.68 Å². The van der Waals surface area contributed by atoms with E-state index in [-0.39, 0.29) is 0 Å². The maximum Gasteiger partial charge on any atom is 0.121 e. The topological polar surface area (TPSA) is 27.1 Å². The number of hydrogen-bond donors (Lipinski definition) is 0. The highest BCUT2D eigenvalue weighted by Gasteiger charge is 2.04. The van der Waals surface area contributed by atoms with Gasteiger partial charge in [0.25, 0.3) is 0 Å². The Morgan fingerprint density at radius 3 is 2.53 bits per heavy atom. The van der Waals surface area contributed by atoms with E-state index in [0.717, 1.165) is 11.3 Å². The summed E-state index contributed by atoms with van der Waals surface area (Å²) >= 11 is 0. The number of aromatic nitrogens is 2. The first kappa shape index (κ1) is 11.6. The van der Waals surface area contributed by atoms with Crippen molar-refractivity contribution in [2.24, 2.45) is 7.05 Å². The van der Waals surface area contributed by atoms with Gasteiger partial charge in [-0.1, -0.05) is 13.8 Å². The summed E-state index contributed by atoms with van der Waals surface area (Å²) in [7, 11) is 3.61. The molecule has 0 unspecified atom stereocenters. The number of benzene rings is 1. The van der Waals surface area contributed by atoms with E-state index in [4.69, 9.17) is 4.74 Å². The Morgan fingerprint density at radius 1 is 1.27 bits per heavy atom. The third-order valence-corrected chi connectivity index (χ3v) is 2.34. The lowest BCUT2D eigenvalue weighted by Crippen LogP contribution is -1.91. The average Bonchev–Trinajstić information content (AvgIpc) is 2.57. The van der Waals surface area contributed by atoms with Gasteiger partial charge in [0, 0.05) is 24.2 Å².